The molecule has 0 radical (unpaired) electrons. The molecule has 9 nitrogen and oxygen atoms in total. The van der Waals surface area contributed by atoms with Crippen molar-refractivity contribution in [1.29, 1.82) is 0 Å². The minimum absolute atomic E-state index is 0.0590. The Labute approximate surface area is 253 Å². The smallest absolute Gasteiger partial charge is 0.261 e. The average molecular weight is 582 g/mol. The number of carbonyl (C=O) groups excluding carboxylic acids is 3. The maximum Gasteiger partial charge on any atom is 0.261 e. The van der Waals surface area contributed by atoms with E-state index in [0.717, 1.165) is 49.3 Å². The number of hydrogen-bond acceptors (Lipinski definition) is 7. The Morgan fingerprint density at radius 1 is 0.837 bits per heavy atom. The van der Waals surface area contributed by atoms with E-state index in [-0.39, 0.29) is 36.9 Å². The number of hydroxylamine groups is 2. The molecular formula is C34H39N5O4. The second-order valence-corrected chi connectivity index (χ2v) is 11.9. The molecule has 1 N–H and O–H groups in total. The first-order chi connectivity index (χ1) is 20.9. The number of fused-ring (bicyclic) bond motifs is 1. The van der Waals surface area contributed by atoms with Crippen LogP contribution in [-0.4, -0.2) is 78.5 Å². The molecule has 3 aliphatic heterocycles. The van der Waals surface area contributed by atoms with E-state index in [0.29, 0.717) is 0 Å². The van der Waals surface area contributed by atoms with Crippen LogP contribution in [0.4, 0.5) is 5.69 Å². The van der Waals surface area contributed by atoms with Crippen molar-refractivity contribution in [3.63, 3.8) is 0 Å². The molecule has 0 spiro atoms. The van der Waals surface area contributed by atoms with Crippen LogP contribution in [0.25, 0.3) is 0 Å². The van der Waals surface area contributed by atoms with Crippen molar-refractivity contribution < 1.29 is 19.2 Å². The summed E-state index contributed by atoms with van der Waals surface area (Å²) in [5, 5.41) is 4.73. The molecule has 0 aromatic heterocycles. The number of hydrogen-bond donors (Lipinski definition) is 1. The Hall–Kier alpha value is -4.05. The van der Waals surface area contributed by atoms with Gasteiger partial charge < -0.3 is 10.2 Å². The van der Waals surface area contributed by atoms with Crippen LogP contribution >= 0.6 is 0 Å². The van der Waals surface area contributed by atoms with Gasteiger partial charge in [0.2, 0.25) is 11.8 Å². The van der Waals surface area contributed by atoms with Crippen LogP contribution in [0.15, 0.2) is 84.9 Å². The van der Waals surface area contributed by atoms with Crippen molar-refractivity contribution in [2.75, 3.05) is 38.6 Å². The maximum absolute atomic E-state index is 13.8. The monoisotopic (exact) mass is 581 g/mol. The number of imide groups is 1. The van der Waals surface area contributed by atoms with Gasteiger partial charge in [0.25, 0.3) is 5.91 Å². The van der Waals surface area contributed by atoms with Gasteiger partial charge >= 0.3 is 0 Å². The van der Waals surface area contributed by atoms with E-state index < -0.39 is 18.1 Å². The SMILES string of the molecule is CN(C)c1ccc(C2C3C(=O)N(Cc4ccccc4)C(=O)C3ON2CC(=O)NC2CCN(Cc3ccccc3)CC2)cc1. The largest absolute Gasteiger partial charge is 0.378 e. The number of carbonyl (C=O) groups is 3. The number of piperidine rings is 1. The number of amides is 3. The topological polar surface area (TPSA) is 85.4 Å². The van der Waals surface area contributed by atoms with Crippen LogP contribution in [0.2, 0.25) is 0 Å². The second kappa shape index (κ2) is 12.7. The molecule has 9 heteroatoms. The summed E-state index contributed by atoms with van der Waals surface area (Å²) in [6.45, 7) is 2.86. The minimum Gasteiger partial charge on any atom is -0.378 e. The zero-order valence-electron chi connectivity index (χ0n) is 24.8. The molecule has 0 aliphatic carbocycles. The Balaban J connectivity index is 1.13. The van der Waals surface area contributed by atoms with Crippen LogP contribution < -0.4 is 10.2 Å². The van der Waals surface area contributed by atoms with Crippen molar-refractivity contribution in [2.24, 2.45) is 5.92 Å². The molecule has 3 aliphatic rings. The van der Waals surface area contributed by atoms with Crippen molar-refractivity contribution >= 4 is 23.4 Å². The van der Waals surface area contributed by atoms with Crippen molar-refractivity contribution in [2.45, 2.75) is 44.1 Å². The van der Waals surface area contributed by atoms with E-state index in [1.165, 1.54) is 10.5 Å². The normalized spacial score (nSPS) is 23.0. The maximum atomic E-state index is 13.8. The van der Waals surface area contributed by atoms with Gasteiger partial charge in [0.1, 0.15) is 6.54 Å². The van der Waals surface area contributed by atoms with E-state index in [2.05, 4.69) is 34.5 Å². The first-order valence-corrected chi connectivity index (χ1v) is 15.0. The molecule has 3 fully saturated rings. The molecule has 3 unspecified atom stereocenters. The predicted octanol–water partition coefficient (Wildman–Crippen LogP) is 3.38. The molecule has 224 valence electrons. The number of benzene rings is 3. The van der Waals surface area contributed by atoms with Crippen LogP contribution in [0, 0.1) is 5.92 Å². The highest BCUT2D eigenvalue weighted by molar-refractivity contribution is 6.07. The third kappa shape index (κ3) is 6.34. The summed E-state index contributed by atoms with van der Waals surface area (Å²) in [7, 11) is 3.93. The van der Waals surface area contributed by atoms with Gasteiger partial charge in [-0.15, -0.1) is 0 Å². The van der Waals surface area contributed by atoms with Crippen LogP contribution in [0.3, 0.4) is 0 Å². The van der Waals surface area contributed by atoms with E-state index in [1.54, 1.807) is 5.06 Å². The zero-order chi connectivity index (χ0) is 29.9. The highest BCUT2D eigenvalue weighted by Gasteiger charge is 2.59. The lowest BCUT2D eigenvalue weighted by Crippen LogP contribution is -2.47. The highest BCUT2D eigenvalue weighted by atomic mass is 16.7. The molecular weight excluding hydrogens is 542 g/mol. The number of nitrogens with zero attached hydrogens (tertiary/aromatic N) is 4. The average Bonchev–Trinajstić information content (AvgIpc) is 3.49. The molecule has 3 aromatic carbocycles. The van der Waals surface area contributed by atoms with Crippen molar-refractivity contribution in [1.82, 2.24) is 20.2 Å². The number of rotatable bonds is 9. The first-order valence-electron chi connectivity index (χ1n) is 15.0. The summed E-state index contributed by atoms with van der Waals surface area (Å²) in [4.78, 5) is 52.4. The Bertz CT molecular complexity index is 1420. The summed E-state index contributed by atoms with van der Waals surface area (Å²) >= 11 is 0. The molecule has 43 heavy (non-hydrogen) atoms. The van der Waals surface area contributed by atoms with E-state index in [1.807, 2.05) is 79.7 Å². The fourth-order valence-electron chi connectivity index (χ4n) is 6.42. The van der Waals surface area contributed by atoms with Crippen molar-refractivity contribution in [3.05, 3.63) is 102 Å². The molecule has 6 rings (SSSR count). The summed E-state index contributed by atoms with van der Waals surface area (Å²) < 4.78 is 0. The van der Waals surface area contributed by atoms with Crippen LogP contribution in [-0.2, 0) is 32.3 Å². The van der Waals surface area contributed by atoms with Gasteiger partial charge in [0.15, 0.2) is 6.10 Å². The lowest BCUT2D eigenvalue weighted by atomic mass is 9.90. The predicted molar refractivity (Wildman–Crippen MR) is 163 cm³/mol. The van der Waals surface area contributed by atoms with Gasteiger partial charge in [0.05, 0.1) is 18.5 Å². The molecule has 3 aromatic rings. The summed E-state index contributed by atoms with van der Waals surface area (Å²) in [6, 6.07) is 27.3. The third-order valence-electron chi connectivity index (χ3n) is 8.72. The van der Waals surface area contributed by atoms with Gasteiger partial charge in [0, 0.05) is 45.5 Å². The Morgan fingerprint density at radius 2 is 1.44 bits per heavy atom. The standard InChI is InChI=1S/C34H39N5O4/c1-36(2)28-15-13-26(14-16-28)31-30-32(34(42)38(33(30)41)22-25-11-7-4-8-12-25)43-39(31)23-29(40)35-27-17-19-37(20-18-27)21-24-9-5-3-6-10-24/h3-16,27,30-32H,17-23H2,1-2H3,(H,35,40). The number of likely N-dealkylation sites (tertiary alicyclic amines) is 2. The molecule has 3 amide bonds. The van der Waals surface area contributed by atoms with Crippen LogP contribution in [0.5, 0.6) is 0 Å². The molecule has 0 saturated carbocycles. The van der Waals surface area contributed by atoms with Gasteiger partial charge in [-0.1, -0.05) is 72.8 Å². The molecule has 0 bridgehead atoms. The highest BCUT2D eigenvalue weighted by Crippen LogP contribution is 2.45. The fraction of sp³-hybridized carbons (Fsp3) is 0.382. The molecule has 3 saturated heterocycles. The van der Waals surface area contributed by atoms with E-state index in [4.69, 9.17) is 4.84 Å². The van der Waals surface area contributed by atoms with Crippen molar-refractivity contribution in [3.8, 4) is 0 Å². The molecule has 3 heterocycles. The summed E-state index contributed by atoms with van der Waals surface area (Å²) in [6.07, 6.45) is 0.778. The van der Waals surface area contributed by atoms with Gasteiger partial charge in [-0.25, -0.2) is 0 Å². The lowest BCUT2D eigenvalue weighted by Gasteiger charge is -2.33. The second-order valence-electron chi connectivity index (χ2n) is 11.9. The van der Waals surface area contributed by atoms with Gasteiger partial charge in [-0.2, -0.15) is 5.06 Å². The Morgan fingerprint density at radius 3 is 2.05 bits per heavy atom. The number of anilines is 1. The lowest BCUT2D eigenvalue weighted by molar-refractivity contribution is -0.183. The summed E-state index contributed by atoms with van der Waals surface area (Å²) in [5.41, 5.74) is 4.02. The Kier molecular flexibility index (Phi) is 8.56. The first kappa shape index (κ1) is 29.0. The third-order valence-corrected chi connectivity index (χ3v) is 8.72. The van der Waals surface area contributed by atoms with Gasteiger partial charge in [-0.05, 0) is 41.7 Å². The summed E-state index contributed by atoms with van der Waals surface area (Å²) in [5.74, 6) is -1.52. The van der Waals surface area contributed by atoms with Crippen LogP contribution in [0.1, 0.15) is 35.6 Å². The number of nitrogens with one attached hydrogen (secondary N) is 1. The molecule has 3 atom stereocenters. The zero-order valence-corrected chi connectivity index (χ0v) is 24.8. The fourth-order valence-corrected chi connectivity index (χ4v) is 6.42. The minimum atomic E-state index is -0.955. The van der Waals surface area contributed by atoms with E-state index >= 15 is 0 Å². The van der Waals surface area contributed by atoms with Gasteiger partial charge in [-0.3, -0.25) is 29.0 Å². The quantitative estimate of drug-likeness (QED) is 0.388. The van der Waals surface area contributed by atoms with E-state index in [9.17, 15) is 14.4 Å².